The second kappa shape index (κ2) is 6.23. The molecule has 1 aliphatic carbocycles. The van der Waals surface area contributed by atoms with Gasteiger partial charge in [0.1, 0.15) is 0 Å². The lowest BCUT2D eigenvalue weighted by atomic mass is 9.68. The Morgan fingerprint density at radius 3 is 2.45 bits per heavy atom. The van der Waals surface area contributed by atoms with E-state index in [1.54, 1.807) is 0 Å². The predicted octanol–water partition coefficient (Wildman–Crippen LogP) is 3.13. The van der Waals surface area contributed by atoms with Crippen molar-refractivity contribution in [2.24, 2.45) is 11.1 Å². The van der Waals surface area contributed by atoms with E-state index in [4.69, 9.17) is 5.73 Å². The van der Waals surface area contributed by atoms with Gasteiger partial charge in [0.05, 0.1) is 11.7 Å². The fourth-order valence-corrected chi connectivity index (χ4v) is 4.14. The molecule has 1 unspecified atom stereocenters. The predicted molar refractivity (Wildman–Crippen MR) is 82.4 cm³/mol. The van der Waals surface area contributed by atoms with Gasteiger partial charge in [-0.15, -0.1) is 0 Å². The average Bonchev–Trinajstić information content (AvgIpc) is 2.52. The highest BCUT2D eigenvalue weighted by Gasteiger charge is 2.37. The molecule has 1 saturated heterocycles. The summed E-state index contributed by atoms with van der Waals surface area (Å²) in [5.41, 5.74) is 7.82. The minimum Gasteiger partial charge on any atom is -0.329 e. The smallest absolute Gasteiger partial charge is 0.0644 e. The first kappa shape index (κ1) is 14.0. The lowest BCUT2D eigenvalue weighted by molar-refractivity contribution is 0.0455. The SMILES string of the molecule is NCC(c1ccccn1)N1CCC2(CCCCC2)CC1. The van der Waals surface area contributed by atoms with Crippen LogP contribution in [0, 0.1) is 5.41 Å². The standard InChI is InChI=1S/C17H27N3/c18-14-16(15-6-2-5-11-19-15)20-12-9-17(10-13-20)7-3-1-4-8-17/h2,5-6,11,16H,1,3-4,7-10,12-14,18H2. The maximum Gasteiger partial charge on any atom is 0.0644 e. The van der Waals surface area contributed by atoms with Crippen molar-refractivity contribution in [3.8, 4) is 0 Å². The van der Waals surface area contributed by atoms with Crippen molar-refractivity contribution in [1.29, 1.82) is 0 Å². The molecule has 3 rings (SSSR count). The topological polar surface area (TPSA) is 42.1 Å². The average molecular weight is 273 g/mol. The van der Waals surface area contributed by atoms with Crippen LogP contribution in [0.4, 0.5) is 0 Å². The van der Waals surface area contributed by atoms with Crippen LogP contribution in [-0.2, 0) is 0 Å². The molecule has 1 aliphatic heterocycles. The number of hydrogen-bond donors (Lipinski definition) is 1. The maximum atomic E-state index is 6.02. The summed E-state index contributed by atoms with van der Waals surface area (Å²) in [7, 11) is 0. The van der Waals surface area contributed by atoms with Crippen LogP contribution in [0.3, 0.4) is 0 Å². The second-order valence-corrected chi connectivity index (χ2v) is 6.60. The van der Waals surface area contributed by atoms with E-state index in [0.29, 0.717) is 18.0 Å². The Labute approximate surface area is 122 Å². The largest absolute Gasteiger partial charge is 0.329 e. The molecule has 1 saturated carbocycles. The number of piperidine rings is 1. The van der Waals surface area contributed by atoms with Crippen molar-refractivity contribution >= 4 is 0 Å². The molecule has 20 heavy (non-hydrogen) atoms. The van der Waals surface area contributed by atoms with Gasteiger partial charge in [-0.3, -0.25) is 9.88 Å². The van der Waals surface area contributed by atoms with Crippen LogP contribution in [0.5, 0.6) is 0 Å². The fourth-order valence-electron chi connectivity index (χ4n) is 4.14. The van der Waals surface area contributed by atoms with Gasteiger partial charge in [0.2, 0.25) is 0 Å². The third kappa shape index (κ3) is 2.89. The molecule has 2 heterocycles. The minimum atomic E-state index is 0.303. The van der Waals surface area contributed by atoms with Crippen LogP contribution in [0.15, 0.2) is 24.4 Å². The Morgan fingerprint density at radius 2 is 1.85 bits per heavy atom. The van der Waals surface area contributed by atoms with Crippen molar-refractivity contribution < 1.29 is 0 Å². The zero-order chi connectivity index (χ0) is 13.8. The van der Waals surface area contributed by atoms with Gasteiger partial charge >= 0.3 is 0 Å². The summed E-state index contributed by atoms with van der Waals surface area (Å²) in [5, 5.41) is 0. The number of likely N-dealkylation sites (tertiary alicyclic amines) is 1. The molecule has 0 amide bonds. The number of hydrogen-bond acceptors (Lipinski definition) is 3. The van der Waals surface area contributed by atoms with Crippen molar-refractivity contribution in [3.05, 3.63) is 30.1 Å². The highest BCUT2D eigenvalue weighted by Crippen LogP contribution is 2.45. The van der Waals surface area contributed by atoms with E-state index in [2.05, 4.69) is 22.0 Å². The van der Waals surface area contributed by atoms with Gasteiger partial charge in [0.15, 0.2) is 0 Å². The third-order valence-corrected chi connectivity index (χ3v) is 5.47. The second-order valence-electron chi connectivity index (χ2n) is 6.60. The number of nitrogens with two attached hydrogens (primary N) is 1. The van der Waals surface area contributed by atoms with Crippen molar-refractivity contribution in [1.82, 2.24) is 9.88 Å². The molecule has 0 aromatic carbocycles. The van der Waals surface area contributed by atoms with Crippen molar-refractivity contribution in [2.45, 2.75) is 51.0 Å². The van der Waals surface area contributed by atoms with Crippen LogP contribution >= 0.6 is 0 Å². The van der Waals surface area contributed by atoms with Crippen LogP contribution in [-0.4, -0.2) is 29.5 Å². The molecule has 1 spiro atoms. The minimum absolute atomic E-state index is 0.303. The number of nitrogens with zero attached hydrogens (tertiary/aromatic N) is 2. The molecule has 3 heteroatoms. The molecule has 2 fully saturated rings. The summed E-state index contributed by atoms with van der Waals surface area (Å²) >= 11 is 0. The highest BCUT2D eigenvalue weighted by atomic mass is 15.2. The zero-order valence-electron chi connectivity index (χ0n) is 12.4. The van der Waals surface area contributed by atoms with E-state index in [1.807, 2.05) is 12.3 Å². The summed E-state index contributed by atoms with van der Waals surface area (Å²) < 4.78 is 0. The van der Waals surface area contributed by atoms with Crippen molar-refractivity contribution in [3.63, 3.8) is 0 Å². The van der Waals surface area contributed by atoms with Gasteiger partial charge < -0.3 is 5.73 Å². The normalized spacial score (nSPS) is 24.6. The molecule has 2 N–H and O–H groups in total. The van der Waals surface area contributed by atoms with Gasteiger partial charge in [-0.05, 0) is 56.3 Å². The zero-order valence-corrected chi connectivity index (χ0v) is 12.4. The van der Waals surface area contributed by atoms with E-state index in [9.17, 15) is 0 Å². The van der Waals surface area contributed by atoms with Gasteiger partial charge in [-0.2, -0.15) is 0 Å². The monoisotopic (exact) mass is 273 g/mol. The number of rotatable bonds is 3. The molecule has 1 aromatic rings. The quantitative estimate of drug-likeness (QED) is 0.920. The van der Waals surface area contributed by atoms with E-state index >= 15 is 0 Å². The van der Waals surface area contributed by atoms with Gasteiger partial charge in [-0.25, -0.2) is 0 Å². The molecule has 110 valence electrons. The van der Waals surface area contributed by atoms with Gasteiger partial charge in [0.25, 0.3) is 0 Å². The summed E-state index contributed by atoms with van der Waals surface area (Å²) in [6.45, 7) is 3.06. The van der Waals surface area contributed by atoms with Crippen LogP contribution in [0.1, 0.15) is 56.7 Å². The van der Waals surface area contributed by atoms with E-state index < -0.39 is 0 Å². The molecular formula is C17H27N3. The summed E-state index contributed by atoms with van der Waals surface area (Å²) in [5.74, 6) is 0. The molecule has 1 aromatic heterocycles. The first-order valence-corrected chi connectivity index (χ1v) is 8.18. The molecule has 0 radical (unpaired) electrons. The first-order chi connectivity index (χ1) is 9.83. The van der Waals surface area contributed by atoms with Gasteiger partial charge in [-0.1, -0.05) is 25.3 Å². The molecular weight excluding hydrogens is 246 g/mol. The van der Waals surface area contributed by atoms with Crippen LogP contribution in [0.2, 0.25) is 0 Å². The fraction of sp³-hybridized carbons (Fsp3) is 0.706. The van der Waals surface area contributed by atoms with Gasteiger partial charge in [0, 0.05) is 12.7 Å². The Bertz CT molecular complexity index is 402. The van der Waals surface area contributed by atoms with Crippen LogP contribution < -0.4 is 5.73 Å². The molecule has 1 atom stereocenters. The van der Waals surface area contributed by atoms with E-state index in [-0.39, 0.29) is 0 Å². The lowest BCUT2D eigenvalue weighted by Gasteiger charge is -2.46. The van der Waals surface area contributed by atoms with E-state index in [0.717, 1.165) is 5.69 Å². The molecule has 3 nitrogen and oxygen atoms in total. The molecule has 2 aliphatic rings. The van der Waals surface area contributed by atoms with Crippen molar-refractivity contribution in [2.75, 3.05) is 19.6 Å². The van der Waals surface area contributed by atoms with E-state index in [1.165, 1.54) is 58.0 Å². The Kier molecular flexibility index (Phi) is 4.37. The molecule has 0 bridgehead atoms. The summed E-state index contributed by atoms with van der Waals surface area (Å²) in [6.07, 6.45) is 11.8. The number of pyridine rings is 1. The lowest BCUT2D eigenvalue weighted by Crippen LogP contribution is -2.44. The highest BCUT2D eigenvalue weighted by molar-refractivity contribution is 5.10. The Hall–Kier alpha value is -0.930. The summed E-state index contributed by atoms with van der Waals surface area (Å²) in [4.78, 5) is 7.07. The Morgan fingerprint density at radius 1 is 1.10 bits per heavy atom. The first-order valence-electron chi connectivity index (χ1n) is 8.18. The Balaban J connectivity index is 1.64. The van der Waals surface area contributed by atoms with Crippen LogP contribution in [0.25, 0.3) is 0 Å². The number of aromatic nitrogens is 1. The summed E-state index contributed by atoms with van der Waals surface area (Å²) in [6, 6.07) is 6.46. The maximum absolute atomic E-state index is 6.02. The third-order valence-electron chi connectivity index (χ3n) is 5.47.